The number of nitrogen functional groups attached to an aromatic ring is 1. The smallest absolute Gasteiger partial charge is 0.288 e. The molecule has 0 bridgehead atoms. The molecule has 0 saturated heterocycles. The minimum Gasteiger partial charge on any atom is -0.382 e. The normalized spacial score (nSPS) is 10.9. The molecule has 1 aromatic heterocycles. The molecular weight excluding hydrogens is 232 g/mol. The Hall–Kier alpha value is -1.56. The van der Waals surface area contributed by atoms with E-state index in [1.165, 1.54) is 0 Å². The predicted molar refractivity (Wildman–Crippen MR) is 60.3 cm³/mol. The molecule has 0 radical (unpaired) electrons. The number of alkyl halides is 2. The van der Waals surface area contributed by atoms with Crippen molar-refractivity contribution in [2.75, 3.05) is 5.73 Å². The maximum atomic E-state index is 12.3. The van der Waals surface area contributed by atoms with E-state index in [-0.39, 0.29) is 0 Å². The van der Waals surface area contributed by atoms with Gasteiger partial charge in [0.1, 0.15) is 5.82 Å². The van der Waals surface area contributed by atoms with Gasteiger partial charge in [-0.25, -0.2) is 0 Å². The average Bonchev–Trinajstić information content (AvgIpc) is 2.65. The number of hydrogen-bond donors (Lipinski definition) is 2. The maximum absolute atomic E-state index is 12.3. The Morgan fingerprint density at radius 2 is 2.06 bits per heavy atom. The first kappa shape index (κ1) is 10.9. The van der Waals surface area contributed by atoms with Crippen LogP contribution in [0.15, 0.2) is 35.2 Å². The molecule has 0 fully saturated rings. The van der Waals surface area contributed by atoms with Crippen LogP contribution in [0.3, 0.4) is 0 Å². The lowest BCUT2D eigenvalue weighted by Crippen LogP contribution is -1.86. The number of rotatable bonds is 3. The van der Waals surface area contributed by atoms with Crippen LogP contribution in [0, 0.1) is 0 Å². The molecule has 2 rings (SSSR count). The number of nitrogens with one attached hydrogen (secondary N) is 1. The Morgan fingerprint density at radius 3 is 2.69 bits per heavy atom. The number of H-pyrrole nitrogens is 1. The molecule has 0 atom stereocenters. The van der Waals surface area contributed by atoms with Crippen LogP contribution in [0.2, 0.25) is 0 Å². The summed E-state index contributed by atoms with van der Waals surface area (Å²) >= 11 is 0.507. The second kappa shape index (κ2) is 4.52. The van der Waals surface area contributed by atoms with Gasteiger partial charge in [-0.15, -0.1) is 0 Å². The fourth-order valence-electron chi connectivity index (χ4n) is 1.36. The Bertz CT molecular complexity index is 484. The molecule has 3 N–H and O–H groups in total. The first-order valence-corrected chi connectivity index (χ1v) is 5.40. The summed E-state index contributed by atoms with van der Waals surface area (Å²) in [5.74, 6) is -2.10. The summed E-state index contributed by atoms with van der Waals surface area (Å²) in [7, 11) is 0. The minimum absolute atomic E-state index is 0.340. The highest BCUT2D eigenvalue weighted by Crippen LogP contribution is 2.34. The lowest BCUT2D eigenvalue weighted by molar-refractivity contribution is 0.252. The van der Waals surface area contributed by atoms with Crippen LogP contribution in [-0.2, 0) is 0 Å². The highest BCUT2D eigenvalue weighted by Gasteiger charge is 2.12. The van der Waals surface area contributed by atoms with E-state index in [1.54, 1.807) is 30.3 Å². The number of halogens is 2. The van der Waals surface area contributed by atoms with Crippen molar-refractivity contribution in [2.24, 2.45) is 0 Å². The van der Waals surface area contributed by atoms with Gasteiger partial charge in [-0.2, -0.15) is 13.9 Å². The summed E-state index contributed by atoms with van der Waals surface area (Å²) in [5.41, 5.74) is 6.79. The van der Waals surface area contributed by atoms with Crippen molar-refractivity contribution < 1.29 is 8.78 Å². The van der Waals surface area contributed by atoms with Crippen LogP contribution in [0.4, 0.5) is 14.6 Å². The molecule has 6 heteroatoms. The lowest BCUT2D eigenvalue weighted by atomic mass is 10.1. The van der Waals surface area contributed by atoms with E-state index in [4.69, 9.17) is 5.73 Å². The van der Waals surface area contributed by atoms with Gasteiger partial charge in [0.15, 0.2) is 0 Å². The monoisotopic (exact) mass is 241 g/mol. The molecule has 0 unspecified atom stereocenters. The van der Waals surface area contributed by atoms with Gasteiger partial charge in [0, 0.05) is 16.5 Å². The number of thioether (sulfide) groups is 1. The lowest BCUT2D eigenvalue weighted by Gasteiger charge is -2.05. The van der Waals surface area contributed by atoms with Crippen LogP contribution in [0.1, 0.15) is 0 Å². The van der Waals surface area contributed by atoms with Crippen LogP contribution in [0.25, 0.3) is 11.3 Å². The van der Waals surface area contributed by atoms with Crippen LogP contribution >= 0.6 is 11.8 Å². The molecular formula is C10H9F2N3S. The number of anilines is 1. The highest BCUT2D eigenvalue weighted by molar-refractivity contribution is 7.99. The number of nitrogens with two attached hydrogens (primary N) is 1. The van der Waals surface area contributed by atoms with Crippen LogP contribution in [-0.4, -0.2) is 16.0 Å². The van der Waals surface area contributed by atoms with Gasteiger partial charge in [-0.05, 0) is 6.07 Å². The van der Waals surface area contributed by atoms with Crippen molar-refractivity contribution in [3.63, 3.8) is 0 Å². The molecule has 16 heavy (non-hydrogen) atoms. The van der Waals surface area contributed by atoms with Crippen molar-refractivity contribution >= 4 is 17.6 Å². The topological polar surface area (TPSA) is 54.7 Å². The van der Waals surface area contributed by atoms with Gasteiger partial charge in [0.2, 0.25) is 0 Å². The van der Waals surface area contributed by atoms with Crippen molar-refractivity contribution in [1.29, 1.82) is 0 Å². The van der Waals surface area contributed by atoms with E-state index >= 15 is 0 Å². The average molecular weight is 241 g/mol. The SMILES string of the molecule is Nc1cc(-c2ccccc2SC(F)F)[nH]n1. The summed E-state index contributed by atoms with van der Waals surface area (Å²) < 4.78 is 24.7. The Labute approximate surface area is 95.0 Å². The maximum Gasteiger partial charge on any atom is 0.288 e. The number of hydrogen-bond acceptors (Lipinski definition) is 3. The molecule has 0 spiro atoms. The molecule has 1 heterocycles. The van der Waals surface area contributed by atoms with Crippen molar-refractivity contribution in [3.8, 4) is 11.3 Å². The Balaban J connectivity index is 2.40. The molecule has 3 nitrogen and oxygen atoms in total. The second-order valence-corrected chi connectivity index (χ2v) is 4.11. The van der Waals surface area contributed by atoms with E-state index in [1.807, 2.05) is 0 Å². The van der Waals surface area contributed by atoms with E-state index in [9.17, 15) is 8.78 Å². The Morgan fingerprint density at radius 1 is 1.31 bits per heavy atom. The number of benzene rings is 1. The first-order chi connectivity index (χ1) is 7.66. The largest absolute Gasteiger partial charge is 0.382 e. The molecule has 0 amide bonds. The van der Waals surface area contributed by atoms with Gasteiger partial charge in [-0.3, -0.25) is 5.10 Å². The fourth-order valence-corrected chi connectivity index (χ4v) is 2.02. The number of aromatic amines is 1. The summed E-state index contributed by atoms with van der Waals surface area (Å²) in [4.78, 5) is 0.501. The molecule has 84 valence electrons. The quantitative estimate of drug-likeness (QED) is 0.812. The van der Waals surface area contributed by atoms with Gasteiger partial charge >= 0.3 is 0 Å². The minimum atomic E-state index is -2.44. The highest BCUT2D eigenvalue weighted by atomic mass is 32.2. The fraction of sp³-hybridized carbons (Fsp3) is 0.100. The van der Waals surface area contributed by atoms with Gasteiger partial charge in [-0.1, -0.05) is 30.0 Å². The van der Waals surface area contributed by atoms with Gasteiger partial charge in [0.05, 0.1) is 5.69 Å². The standard InChI is InChI=1S/C10H9F2N3S/c11-10(12)16-8-4-2-1-3-6(8)7-5-9(13)15-14-7/h1-5,10H,(H3,13,14,15). The van der Waals surface area contributed by atoms with Crippen molar-refractivity contribution in [2.45, 2.75) is 10.7 Å². The molecule has 0 saturated carbocycles. The number of aromatic nitrogens is 2. The molecule has 1 aromatic carbocycles. The zero-order chi connectivity index (χ0) is 11.5. The van der Waals surface area contributed by atoms with Crippen molar-refractivity contribution in [3.05, 3.63) is 30.3 Å². The van der Waals surface area contributed by atoms with E-state index in [0.29, 0.717) is 33.7 Å². The summed E-state index contributed by atoms with van der Waals surface area (Å²) in [6.45, 7) is 0. The molecule has 0 aliphatic heterocycles. The first-order valence-electron chi connectivity index (χ1n) is 4.52. The van der Waals surface area contributed by atoms with Gasteiger partial charge < -0.3 is 5.73 Å². The van der Waals surface area contributed by atoms with Crippen LogP contribution in [0.5, 0.6) is 0 Å². The van der Waals surface area contributed by atoms with E-state index in [2.05, 4.69) is 10.2 Å². The third-order valence-electron chi connectivity index (χ3n) is 1.99. The van der Waals surface area contributed by atoms with E-state index in [0.717, 1.165) is 0 Å². The van der Waals surface area contributed by atoms with E-state index < -0.39 is 5.76 Å². The molecule has 0 aliphatic rings. The zero-order valence-corrected chi connectivity index (χ0v) is 8.97. The summed E-state index contributed by atoms with van der Waals surface area (Å²) in [5, 5.41) is 6.47. The summed E-state index contributed by atoms with van der Waals surface area (Å²) in [6, 6.07) is 8.50. The van der Waals surface area contributed by atoms with Crippen LogP contribution < -0.4 is 5.73 Å². The Kier molecular flexibility index (Phi) is 3.09. The zero-order valence-electron chi connectivity index (χ0n) is 8.15. The van der Waals surface area contributed by atoms with Crippen molar-refractivity contribution in [1.82, 2.24) is 10.2 Å². The molecule has 2 aromatic rings. The summed E-state index contributed by atoms with van der Waals surface area (Å²) in [6.07, 6.45) is 0. The second-order valence-electron chi connectivity index (χ2n) is 3.08. The molecule has 0 aliphatic carbocycles. The number of nitrogens with zero attached hydrogens (tertiary/aromatic N) is 1. The van der Waals surface area contributed by atoms with Gasteiger partial charge in [0.25, 0.3) is 5.76 Å². The third kappa shape index (κ3) is 2.33. The third-order valence-corrected chi connectivity index (χ3v) is 2.78. The predicted octanol–water partition coefficient (Wildman–Crippen LogP) is 2.97.